The minimum Gasteiger partial charge on any atom is -0.373 e. The number of ether oxygens (including phenoxy) is 1. The van der Waals surface area contributed by atoms with Gasteiger partial charge < -0.3 is 4.74 Å². The van der Waals surface area contributed by atoms with Gasteiger partial charge in [0.05, 0.1) is 19.3 Å². The van der Waals surface area contributed by atoms with E-state index in [0.717, 1.165) is 11.1 Å². The highest BCUT2D eigenvalue weighted by atomic mass is 16.5. The fraction of sp³-hybridized carbons (Fsp3) is 0.364. The molecule has 3 nitrogen and oxygen atoms in total. The van der Waals surface area contributed by atoms with E-state index in [-0.39, 0.29) is 0 Å². The second-order valence-corrected chi connectivity index (χ2v) is 3.42. The van der Waals surface area contributed by atoms with Gasteiger partial charge in [-0.1, -0.05) is 24.3 Å². The summed E-state index contributed by atoms with van der Waals surface area (Å²) in [6.45, 7) is 1.01. The molecule has 0 amide bonds. The van der Waals surface area contributed by atoms with Gasteiger partial charge in [-0.3, -0.25) is 5.32 Å². The van der Waals surface area contributed by atoms with Crippen molar-refractivity contribution in [2.75, 3.05) is 13.7 Å². The van der Waals surface area contributed by atoms with Crippen LogP contribution in [0, 0.1) is 11.3 Å². The molecule has 1 heterocycles. The van der Waals surface area contributed by atoms with Crippen LogP contribution < -0.4 is 5.32 Å². The third-order valence-electron chi connectivity index (χ3n) is 2.67. The van der Waals surface area contributed by atoms with Crippen LogP contribution in [0.3, 0.4) is 0 Å². The van der Waals surface area contributed by atoms with Crippen molar-refractivity contribution < 1.29 is 4.74 Å². The summed E-state index contributed by atoms with van der Waals surface area (Å²) in [5.41, 5.74) is 1.46. The van der Waals surface area contributed by atoms with E-state index >= 15 is 0 Å². The van der Waals surface area contributed by atoms with Gasteiger partial charge >= 0.3 is 0 Å². The zero-order valence-electron chi connectivity index (χ0n) is 8.08. The number of nitrogens with one attached hydrogen (secondary N) is 1. The Labute approximate surface area is 83.3 Å². The number of hydrogen-bond acceptors (Lipinski definition) is 3. The molecule has 0 saturated heterocycles. The van der Waals surface area contributed by atoms with E-state index in [9.17, 15) is 5.26 Å². The molecule has 1 aliphatic heterocycles. The predicted octanol–water partition coefficient (Wildman–Crippen LogP) is 1.16. The lowest BCUT2D eigenvalue weighted by molar-refractivity contribution is 0.0612. The van der Waals surface area contributed by atoms with Gasteiger partial charge in [0, 0.05) is 0 Å². The van der Waals surface area contributed by atoms with Gasteiger partial charge in [0.15, 0.2) is 5.54 Å². The Balaban J connectivity index is 2.55. The first-order valence-electron chi connectivity index (χ1n) is 4.59. The van der Waals surface area contributed by atoms with Gasteiger partial charge in [-0.05, 0) is 18.2 Å². The Morgan fingerprint density at radius 3 is 3.00 bits per heavy atom. The molecule has 14 heavy (non-hydrogen) atoms. The summed E-state index contributed by atoms with van der Waals surface area (Å²) >= 11 is 0. The Bertz CT molecular complexity index is 383. The average Bonchev–Trinajstić information content (AvgIpc) is 2.28. The van der Waals surface area contributed by atoms with Gasteiger partial charge in [-0.2, -0.15) is 5.26 Å². The maximum Gasteiger partial charge on any atom is 0.155 e. The van der Waals surface area contributed by atoms with Gasteiger partial charge in [0.2, 0.25) is 0 Å². The molecule has 72 valence electrons. The molecule has 1 N–H and O–H groups in total. The van der Waals surface area contributed by atoms with E-state index < -0.39 is 5.54 Å². The SMILES string of the molecule is CNC1(C#N)COCc2ccccc21. The van der Waals surface area contributed by atoms with E-state index in [0.29, 0.717) is 13.2 Å². The Morgan fingerprint density at radius 2 is 2.29 bits per heavy atom. The van der Waals surface area contributed by atoms with Gasteiger partial charge in [0.1, 0.15) is 0 Å². The van der Waals surface area contributed by atoms with Crippen molar-refractivity contribution in [2.24, 2.45) is 0 Å². The highest BCUT2D eigenvalue weighted by molar-refractivity contribution is 5.39. The minimum absolute atomic E-state index is 0.414. The number of nitriles is 1. The molecule has 2 rings (SSSR count). The standard InChI is InChI=1S/C11H12N2O/c1-13-11(7-12)8-14-6-9-4-2-3-5-10(9)11/h2-5,13H,6,8H2,1H3. The van der Waals surface area contributed by atoms with E-state index in [1.54, 1.807) is 7.05 Å². The monoisotopic (exact) mass is 188 g/mol. The first-order chi connectivity index (χ1) is 6.82. The van der Waals surface area contributed by atoms with Crippen LogP contribution in [0.5, 0.6) is 0 Å². The van der Waals surface area contributed by atoms with Crippen LogP contribution in [-0.2, 0) is 16.9 Å². The molecule has 1 aromatic rings. The molecule has 0 aromatic heterocycles. The van der Waals surface area contributed by atoms with Crippen LogP contribution in [0.15, 0.2) is 24.3 Å². The normalized spacial score (nSPS) is 25.1. The second-order valence-electron chi connectivity index (χ2n) is 3.42. The lowest BCUT2D eigenvalue weighted by atomic mass is 9.87. The second kappa shape index (κ2) is 3.41. The van der Waals surface area contributed by atoms with Crippen molar-refractivity contribution in [3.63, 3.8) is 0 Å². The van der Waals surface area contributed by atoms with E-state index in [1.807, 2.05) is 24.3 Å². The van der Waals surface area contributed by atoms with Crippen molar-refractivity contribution in [3.8, 4) is 6.07 Å². The summed E-state index contributed by atoms with van der Waals surface area (Å²) in [4.78, 5) is 0. The van der Waals surface area contributed by atoms with Crippen molar-refractivity contribution in [1.29, 1.82) is 5.26 Å². The van der Waals surface area contributed by atoms with E-state index in [2.05, 4.69) is 11.4 Å². The van der Waals surface area contributed by atoms with Crippen LogP contribution in [0.1, 0.15) is 11.1 Å². The molecule has 0 fully saturated rings. The van der Waals surface area contributed by atoms with Crippen LogP contribution in [0.4, 0.5) is 0 Å². The molecule has 1 aliphatic rings. The number of benzene rings is 1. The third-order valence-corrected chi connectivity index (χ3v) is 2.67. The van der Waals surface area contributed by atoms with Crippen LogP contribution in [0.25, 0.3) is 0 Å². The largest absolute Gasteiger partial charge is 0.373 e. The maximum atomic E-state index is 9.20. The molecular weight excluding hydrogens is 176 g/mol. The predicted molar refractivity (Wildman–Crippen MR) is 52.4 cm³/mol. The number of nitrogens with zero attached hydrogens (tertiary/aromatic N) is 1. The maximum absolute atomic E-state index is 9.20. The minimum atomic E-state index is -0.672. The smallest absolute Gasteiger partial charge is 0.155 e. The fourth-order valence-corrected chi connectivity index (χ4v) is 1.81. The van der Waals surface area contributed by atoms with Crippen LogP contribution in [-0.4, -0.2) is 13.7 Å². The zero-order chi connectivity index (χ0) is 10.0. The summed E-state index contributed by atoms with van der Waals surface area (Å²) in [6, 6.07) is 10.2. The van der Waals surface area contributed by atoms with Gasteiger partial charge in [-0.25, -0.2) is 0 Å². The van der Waals surface area contributed by atoms with Crippen LogP contribution in [0.2, 0.25) is 0 Å². The topological polar surface area (TPSA) is 45.0 Å². The Hall–Kier alpha value is -1.37. The van der Waals surface area contributed by atoms with Gasteiger partial charge in [0.25, 0.3) is 0 Å². The van der Waals surface area contributed by atoms with Crippen molar-refractivity contribution in [3.05, 3.63) is 35.4 Å². The molecule has 1 aromatic carbocycles. The molecule has 1 unspecified atom stereocenters. The number of likely N-dealkylation sites (N-methyl/N-ethyl adjacent to an activating group) is 1. The Kier molecular flexibility index (Phi) is 2.24. The summed E-state index contributed by atoms with van der Waals surface area (Å²) in [5, 5.41) is 12.2. The summed E-state index contributed by atoms with van der Waals surface area (Å²) < 4.78 is 5.41. The highest BCUT2D eigenvalue weighted by Crippen LogP contribution is 2.29. The zero-order valence-corrected chi connectivity index (χ0v) is 8.08. The number of hydrogen-bond donors (Lipinski definition) is 1. The quantitative estimate of drug-likeness (QED) is 0.719. The molecule has 0 bridgehead atoms. The van der Waals surface area contributed by atoms with Gasteiger partial charge in [-0.15, -0.1) is 0 Å². The highest BCUT2D eigenvalue weighted by Gasteiger charge is 2.35. The average molecular weight is 188 g/mol. The molecule has 0 aliphatic carbocycles. The number of fused-ring (bicyclic) bond motifs is 1. The van der Waals surface area contributed by atoms with Crippen molar-refractivity contribution in [2.45, 2.75) is 12.1 Å². The molecule has 0 saturated carbocycles. The Morgan fingerprint density at radius 1 is 1.50 bits per heavy atom. The van der Waals surface area contributed by atoms with E-state index in [4.69, 9.17) is 4.74 Å². The molecule has 0 radical (unpaired) electrons. The first kappa shape index (κ1) is 9.20. The third kappa shape index (κ3) is 1.20. The van der Waals surface area contributed by atoms with Crippen LogP contribution >= 0.6 is 0 Å². The lowest BCUT2D eigenvalue weighted by Gasteiger charge is -2.32. The van der Waals surface area contributed by atoms with Crippen molar-refractivity contribution >= 4 is 0 Å². The number of rotatable bonds is 1. The fourth-order valence-electron chi connectivity index (χ4n) is 1.81. The first-order valence-corrected chi connectivity index (χ1v) is 4.59. The molecule has 1 atom stereocenters. The summed E-state index contributed by atoms with van der Waals surface area (Å²) in [6.07, 6.45) is 0. The lowest BCUT2D eigenvalue weighted by Crippen LogP contribution is -2.46. The molecular formula is C11H12N2O. The summed E-state index contributed by atoms with van der Waals surface area (Å²) in [7, 11) is 1.79. The van der Waals surface area contributed by atoms with Crippen molar-refractivity contribution in [1.82, 2.24) is 5.32 Å². The molecule has 0 spiro atoms. The van der Waals surface area contributed by atoms with E-state index in [1.165, 1.54) is 0 Å². The summed E-state index contributed by atoms with van der Waals surface area (Å²) in [5.74, 6) is 0. The molecule has 3 heteroatoms.